The Hall–Kier alpha value is -3.65. The molecule has 3 aromatic carbocycles. The van der Waals surface area contributed by atoms with Crippen molar-refractivity contribution in [1.82, 2.24) is 0 Å². The minimum atomic E-state index is -0.367. The normalized spacial score (nSPS) is 20.4. The van der Waals surface area contributed by atoms with Crippen LogP contribution < -0.4 is 4.74 Å². The molecule has 0 radical (unpaired) electrons. The van der Waals surface area contributed by atoms with Crippen molar-refractivity contribution in [2.75, 3.05) is 6.61 Å². The molecule has 2 aliphatic rings. The van der Waals surface area contributed by atoms with Crippen molar-refractivity contribution in [2.45, 2.75) is 45.1 Å². The van der Waals surface area contributed by atoms with Gasteiger partial charge in [0.05, 0.1) is 24.2 Å². The van der Waals surface area contributed by atoms with Gasteiger partial charge in [0.25, 0.3) is 0 Å². The van der Waals surface area contributed by atoms with Gasteiger partial charge in [-0.1, -0.05) is 30.3 Å². The fraction of sp³-hybridized carbons (Fsp3) is 0.310. The first-order valence-electron chi connectivity index (χ1n) is 11.8. The molecule has 0 heterocycles. The summed E-state index contributed by atoms with van der Waals surface area (Å²) in [5, 5.41) is 9.40. The maximum Gasteiger partial charge on any atom is 0.309 e. The molecular formula is C29H26FNO3. The predicted octanol–water partition coefficient (Wildman–Crippen LogP) is 6.41. The number of hydrogen-bond donors (Lipinski definition) is 0. The lowest BCUT2D eigenvalue weighted by atomic mass is 9.91. The summed E-state index contributed by atoms with van der Waals surface area (Å²) >= 11 is 0. The fourth-order valence-corrected chi connectivity index (χ4v) is 5.12. The third-order valence-electron chi connectivity index (χ3n) is 6.99. The average Bonchev–Trinajstić information content (AvgIpc) is 3.54. The van der Waals surface area contributed by atoms with Crippen molar-refractivity contribution in [3.8, 4) is 22.9 Å². The van der Waals surface area contributed by atoms with Gasteiger partial charge >= 0.3 is 5.97 Å². The molecule has 4 nitrogen and oxygen atoms in total. The lowest BCUT2D eigenvalue weighted by Gasteiger charge is -2.17. The largest absolute Gasteiger partial charge is 0.486 e. The summed E-state index contributed by atoms with van der Waals surface area (Å²) in [6.07, 6.45) is 1.85. The monoisotopic (exact) mass is 455 g/mol. The molecule has 0 amide bonds. The van der Waals surface area contributed by atoms with Gasteiger partial charge in [0, 0.05) is 5.56 Å². The first-order chi connectivity index (χ1) is 16.5. The molecule has 172 valence electrons. The van der Waals surface area contributed by atoms with Crippen LogP contribution in [0.3, 0.4) is 0 Å². The molecule has 5 rings (SSSR count). The van der Waals surface area contributed by atoms with Crippen molar-refractivity contribution in [3.63, 3.8) is 0 Å². The number of fused-ring (bicyclic) bond motifs is 1. The van der Waals surface area contributed by atoms with E-state index in [1.165, 1.54) is 6.07 Å². The van der Waals surface area contributed by atoms with Crippen molar-refractivity contribution in [3.05, 3.63) is 88.2 Å². The lowest BCUT2D eigenvalue weighted by molar-refractivity contribution is -0.144. The Bertz CT molecular complexity index is 1290. The van der Waals surface area contributed by atoms with Crippen LogP contribution in [0.25, 0.3) is 11.1 Å². The fourth-order valence-electron chi connectivity index (χ4n) is 5.12. The summed E-state index contributed by atoms with van der Waals surface area (Å²) in [6.45, 7) is 4.15. The summed E-state index contributed by atoms with van der Waals surface area (Å²) in [5.74, 6) is 0.443. The van der Waals surface area contributed by atoms with E-state index in [1.807, 2.05) is 56.3 Å². The number of esters is 1. The maximum absolute atomic E-state index is 15.0. The molecule has 0 unspecified atom stereocenters. The number of nitrogens with zero attached hydrogens (tertiary/aromatic N) is 1. The average molecular weight is 456 g/mol. The second-order valence-electron chi connectivity index (χ2n) is 8.99. The Morgan fingerprint density at radius 1 is 1.12 bits per heavy atom. The van der Waals surface area contributed by atoms with Crippen LogP contribution in [0, 0.1) is 30.0 Å². The van der Waals surface area contributed by atoms with E-state index in [0.717, 1.165) is 34.2 Å². The second kappa shape index (κ2) is 8.95. The predicted molar refractivity (Wildman–Crippen MR) is 127 cm³/mol. The van der Waals surface area contributed by atoms with E-state index in [2.05, 4.69) is 6.07 Å². The molecule has 2 aliphatic carbocycles. The summed E-state index contributed by atoms with van der Waals surface area (Å²) in [4.78, 5) is 11.9. The van der Waals surface area contributed by atoms with Crippen LogP contribution in [0.15, 0.2) is 54.6 Å². The van der Waals surface area contributed by atoms with Crippen molar-refractivity contribution >= 4 is 5.97 Å². The van der Waals surface area contributed by atoms with E-state index in [4.69, 9.17) is 9.47 Å². The zero-order valence-corrected chi connectivity index (χ0v) is 19.3. The smallest absolute Gasteiger partial charge is 0.309 e. The molecule has 0 aromatic heterocycles. The van der Waals surface area contributed by atoms with Crippen LogP contribution in [0.4, 0.5) is 4.39 Å². The maximum atomic E-state index is 15.0. The van der Waals surface area contributed by atoms with Gasteiger partial charge in [-0.15, -0.1) is 0 Å². The molecule has 0 saturated heterocycles. The lowest BCUT2D eigenvalue weighted by Crippen LogP contribution is -2.07. The molecule has 3 aromatic rings. The minimum Gasteiger partial charge on any atom is -0.486 e. The van der Waals surface area contributed by atoms with Crippen molar-refractivity contribution in [1.29, 1.82) is 5.26 Å². The summed E-state index contributed by atoms with van der Waals surface area (Å²) in [5.41, 5.74) is 6.11. The van der Waals surface area contributed by atoms with E-state index in [-0.39, 0.29) is 29.7 Å². The Morgan fingerprint density at radius 3 is 2.65 bits per heavy atom. The number of nitriles is 1. The van der Waals surface area contributed by atoms with Gasteiger partial charge in [0.15, 0.2) is 0 Å². The van der Waals surface area contributed by atoms with Gasteiger partial charge in [-0.2, -0.15) is 5.26 Å². The summed E-state index contributed by atoms with van der Waals surface area (Å²) in [7, 11) is 0. The van der Waals surface area contributed by atoms with Crippen molar-refractivity contribution in [2.24, 2.45) is 5.92 Å². The van der Waals surface area contributed by atoms with Gasteiger partial charge in [0.1, 0.15) is 17.7 Å². The molecule has 0 aliphatic heterocycles. The van der Waals surface area contributed by atoms with E-state index in [9.17, 15) is 14.4 Å². The molecular weight excluding hydrogens is 429 g/mol. The van der Waals surface area contributed by atoms with Crippen molar-refractivity contribution < 1.29 is 18.7 Å². The highest BCUT2D eigenvalue weighted by Gasteiger charge is 2.45. The number of benzene rings is 3. The Labute approximate surface area is 198 Å². The van der Waals surface area contributed by atoms with Gasteiger partial charge < -0.3 is 9.47 Å². The zero-order valence-electron chi connectivity index (χ0n) is 19.3. The first-order valence-corrected chi connectivity index (χ1v) is 11.8. The van der Waals surface area contributed by atoms with E-state index in [1.54, 1.807) is 6.07 Å². The van der Waals surface area contributed by atoms with Crippen LogP contribution in [0.5, 0.6) is 5.75 Å². The number of hydrogen-bond acceptors (Lipinski definition) is 4. The molecule has 0 bridgehead atoms. The number of halogens is 1. The highest BCUT2D eigenvalue weighted by atomic mass is 19.1. The molecule has 3 atom stereocenters. The van der Waals surface area contributed by atoms with Crippen LogP contribution >= 0.6 is 0 Å². The number of carbonyl (C=O) groups excluding carboxylic acids is 1. The molecule has 0 spiro atoms. The molecule has 1 fully saturated rings. The van der Waals surface area contributed by atoms with E-state index in [0.29, 0.717) is 36.3 Å². The Balaban J connectivity index is 1.36. The summed E-state index contributed by atoms with van der Waals surface area (Å²) < 4.78 is 26.3. The molecule has 0 N–H and O–H groups in total. The minimum absolute atomic E-state index is 0.0519. The van der Waals surface area contributed by atoms with Crippen LogP contribution in [-0.2, 0) is 16.0 Å². The molecule has 34 heavy (non-hydrogen) atoms. The Morgan fingerprint density at radius 2 is 1.91 bits per heavy atom. The summed E-state index contributed by atoms with van der Waals surface area (Å²) in [6, 6.07) is 19.0. The van der Waals surface area contributed by atoms with Crippen LogP contribution in [-0.4, -0.2) is 12.6 Å². The third-order valence-corrected chi connectivity index (χ3v) is 6.99. The number of carbonyl (C=O) groups is 1. The van der Waals surface area contributed by atoms with Gasteiger partial charge in [0.2, 0.25) is 0 Å². The van der Waals surface area contributed by atoms with E-state index < -0.39 is 0 Å². The standard InChI is InChI=1S/C29H26FNO3/c1-3-33-29(32)25-15-24(25)18-7-9-20(10-8-18)34-27-14-12-23-22(11-13-26(30)28(23)27)21-6-4-5-19(16-31)17(21)2/h4-11,13,24-25,27H,3,12,14-15H2,1-2H3/t24-,25+,27-/m1/s1. The quantitative estimate of drug-likeness (QED) is 0.403. The first kappa shape index (κ1) is 22.2. The second-order valence-corrected chi connectivity index (χ2v) is 8.99. The van der Waals surface area contributed by atoms with Crippen LogP contribution in [0.1, 0.15) is 59.6 Å². The highest BCUT2D eigenvalue weighted by molar-refractivity contribution is 5.77. The van der Waals surface area contributed by atoms with E-state index >= 15 is 0 Å². The van der Waals surface area contributed by atoms with Gasteiger partial charge in [-0.25, -0.2) is 4.39 Å². The molecule has 1 saturated carbocycles. The SMILES string of the molecule is CCOC(=O)[C@H]1C[C@@H]1c1ccc(O[C@@H]2CCc3c(-c4cccc(C#N)c4C)ccc(F)c32)cc1. The van der Waals surface area contributed by atoms with Gasteiger partial charge in [-0.05, 0) is 91.1 Å². The topological polar surface area (TPSA) is 59.3 Å². The third kappa shape index (κ3) is 3.94. The Kier molecular flexibility index (Phi) is 5.83. The highest BCUT2D eigenvalue weighted by Crippen LogP contribution is 2.49. The number of rotatable bonds is 6. The van der Waals surface area contributed by atoms with Gasteiger partial charge in [-0.3, -0.25) is 4.79 Å². The number of ether oxygens (including phenoxy) is 2. The molecule has 5 heteroatoms. The van der Waals surface area contributed by atoms with Crippen LogP contribution in [0.2, 0.25) is 0 Å². The zero-order chi connectivity index (χ0) is 23.8.